The Morgan fingerprint density at radius 3 is 2.83 bits per heavy atom. The Kier molecular flexibility index (Phi) is 4.27. The maximum Gasteiger partial charge on any atom is 0.329 e. The average molecular weight is 247 g/mol. The van der Waals surface area contributed by atoms with E-state index in [0.29, 0.717) is 17.8 Å². The van der Waals surface area contributed by atoms with Crippen LogP contribution in [0.25, 0.3) is 0 Å². The van der Waals surface area contributed by atoms with Crippen LogP contribution in [0.1, 0.15) is 37.8 Å². The van der Waals surface area contributed by atoms with E-state index in [0.717, 1.165) is 12.0 Å². The average Bonchev–Trinajstić information content (AvgIpc) is 2.29. The van der Waals surface area contributed by atoms with Gasteiger partial charge in [-0.25, -0.2) is 9.78 Å². The van der Waals surface area contributed by atoms with Crippen molar-refractivity contribution >= 4 is 11.8 Å². The lowest BCUT2D eigenvalue weighted by atomic mass is 9.96. The summed E-state index contributed by atoms with van der Waals surface area (Å²) in [6.45, 7) is 5.31. The van der Waals surface area contributed by atoms with Gasteiger partial charge in [0.15, 0.2) is 0 Å². The number of carboxylic acid groups (broad SMARTS) is 1. The summed E-state index contributed by atoms with van der Waals surface area (Å²) in [5.41, 5.74) is 0.0570. The Labute approximate surface area is 106 Å². The first-order chi connectivity index (χ1) is 8.44. The number of hydrogen-bond acceptors (Lipinski definition) is 4. The fourth-order valence-electron chi connectivity index (χ4n) is 1.78. The number of rotatable bonds is 5. The molecule has 1 aromatic heterocycles. The SMILES string of the molecule is CCCC(C)(Nc1nccc(C)c1C#N)C(=O)O. The van der Waals surface area contributed by atoms with E-state index in [4.69, 9.17) is 5.26 Å². The van der Waals surface area contributed by atoms with Crippen molar-refractivity contribution in [3.63, 3.8) is 0 Å². The van der Waals surface area contributed by atoms with Crippen LogP contribution in [-0.4, -0.2) is 21.6 Å². The lowest BCUT2D eigenvalue weighted by Gasteiger charge is -2.27. The number of aliphatic carboxylic acids is 1. The Balaban J connectivity index is 3.13. The second kappa shape index (κ2) is 5.50. The zero-order chi connectivity index (χ0) is 13.8. The van der Waals surface area contributed by atoms with Crippen LogP contribution in [0, 0.1) is 18.3 Å². The van der Waals surface area contributed by atoms with Gasteiger partial charge in [-0.2, -0.15) is 5.26 Å². The highest BCUT2D eigenvalue weighted by atomic mass is 16.4. The normalized spacial score (nSPS) is 13.4. The third-order valence-electron chi connectivity index (χ3n) is 2.89. The van der Waals surface area contributed by atoms with E-state index in [1.54, 1.807) is 26.1 Å². The predicted octanol–water partition coefficient (Wildman–Crippen LogP) is 2.32. The molecule has 0 fully saturated rings. The van der Waals surface area contributed by atoms with Crippen molar-refractivity contribution in [2.75, 3.05) is 5.32 Å². The van der Waals surface area contributed by atoms with Crippen LogP contribution in [0.2, 0.25) is 0 Å². The number of nitriles is 1. The molecule has 0 aliphatic heterocycles. The summed E-state index contributed by atoms with van der Waals surface area (Å²) in [6, 6.07) is 3.77. The minimum absolute atomic E-state index is 0.329. The molecule has 96 valence electrons. The van der Waals surface area contributed by atoms with Crippen molar-refractivity contribution in [1.29, 1.82) is 5.26 Å². The number of pyridine rings is 1. The van der Waals surface area contributed by atoms with Crippen LogP contribution in [0.3, 0.4) is 0 Å². The summed E-state index contributed by atoms with van der Waals surface area (Å²) in [5.74, 6) is -0.618. The molecular weight excluding hydrogens is 230 g/mol. The summed E-state index contributed by atoms with van der Waals surface area (Å²) >= 11 is 0. The number of nitrogens with one attached hydrogen (secondary N) is 1. The van der Waals surface area contributed by atoms with Gasteiger partial charge in [-0.3, -0.25) is 0 Å². The van der Waals surface area contributed by atoms with Gasteiger partial charge in [-0.05, 0) is 31.9 Å². The summed E-state index contributed by atoms with van der Waals surface area (Å²) in [6.07, 6.45) is 2.75. The van der Waals surface area contributed by atoms with Gasteiger partial charge in [0.1, 0.15) is 17.4 Å². The van der Waals surface area contributed by atoms with E-state index >= 15 is 0 Å². The van der Waals surface area contributed by atoms with E-state index in [9.17, 15) is 9.90 Å². The van der Waals surface area contributed by atoms with Crippen LogP contribution in [0.4, 0.5) is 5.82 Å². The summed E-state index contributed by atoms with van der Waals surface area (Å²) < 4.78 is 0. The smallest absolute Gasteiger partial charge is 0.329 e. The highest BCUT2D eigenvalue weighted by molar-refractivity contribution is 5.82. The Hall–Kier alpha value is -2.09. The molecule has 0 spiro atoms. The first-order valence-electron chi connectivity index (χ1n) is 5.82. The molecule has 5 nitrogen and oxygen atoms in total. The predicted molar refractivity (Wildman–Crippen MR) is 68.3 cm³/mol. The molecule has 5 heteroatoms. The number of nitrogens with zero attached hydrogens (tertiary/aromatic N) is 2. The molecular formula is C13H17N3O2. The molecule has 0 aromatic carbocycles. The van der Waals surface area contributed by atoms with E-state index in [1.807, 2.05) is 13.0 Å². The number of aryl methyl sites for hydroxylation is 1. The second-order valence-corrected chi connectivity index (χ2v) is 4.48. The highest BCUT2D eigenvalue weighted by Crippen LogP contribution is 2.23. The number of carboxylic acids is 1. The fraction of sp³-hybridized carbons (Fsp3) is 0.462. The topological polar surface area (TPSA) is 86.0 Å². The van der Waals surface area contributed by atoms with Crippen molar-refractivity contribution < 1.29 is 9.90 Å². The van der Waals surface area contributed by atoms with Crippen molar-refractivity contribution in [3.05, 3.63) is 23.4 Å². The number of aromatic nitrogens is 1. The van der Waals surface area contributed by atoms with Gasteiger partial charge in [-0.15, -0.1) is 0 Å². The van der Waals surface area contributed by atoms with Crippen molar-refractivity contribution in [3.8, 4) is 6.07 Å². The van der Waals surface area contributed by atoms with Crippen molar-refractivity contribution in [1.82, 2.24) is 4.98 Å². The maximum atomic E-state index is 11.3. The van der Waals surface area contributed by atoms with E-state index in [2.05, 4.69) is 10.3 Å². The molecule has 0 aliphatic carbocycles. The molecule has 1 rings (SSSR count). The van der Waals surface area contributed by atoms with Gasteiger partial charge in [-0.1, -0.05) is 13.3 Å². The Morgan fingerprint density at radius 1 is 1.67 bits per heavy atom. The van der Waals surface area contributed by atoms with Gasteiger partial charge in [0.2, 0.25) is 0 Å². The van der Waals surface area contributed by atoms with Gasteiger partial charge >= 0.3 is 5.97 Å². The number of hydrogen-bond donors (Lipinski definition) is 2. The standard InChI is InChI=1S/C13H17N3O2/c1-4-6-13(3,12(17)18)16-11-10(8-14)9(2)5-7-15-11/h5,7H,4,6H2,1-3H3,(H,15,16)(H,17,18). The molecule has 0 saturated carbocycles. The minimum Gasteiger partial charge on any atom is -0.480 e. The van der Waals surface area contributed by atoms with Gasteiger partial charge in [0.25, 0.3) is 0 Å². The first-order valence-corrected chi connectivity index (χ1v) is 5.82. The maximum absolute atomic E-state index is 11.3. The van der Waals surface area contributed by atoms with Gasteiger partial charge in [0.05, 0.1) is 5.56 Å². The third kappa shape index (κ3) is 2.77. The lowest BCUT2D eigenvalue weighted by Crippen LogP contribution is -2.43. The molecule has 0 aliphatic rings. The summed E-state index contributed by atoms with van der Waals surface area (Å²) in [4.78, 5) is 15.4. The highest BCUT2D eigenvalue weighted by Gasteiger charge is 2.33. The lowest BCUT2D eigenvalue weighted by molar-refractivity contribution is -0.142. The van der Waals surface area contributed by atoms with Crippen molar-refractivity contribution in [2.45, 2.75) is 39.2 Å². The number of anilines is 1. The largest absolute Gasteiger partial charge is 0.480 e. The zero-order valence-corrected chi connectivity index (χ0v) is 10.8. The molecule has 1 atom stereocenters. The van der Waals surface area contributed by atoms with Crippen molar-refractivity contribution in [2.24, 2.45) is 0 Å². The molecule has 1 aromatic rings. The molecule has 18 heavy (non-hydrogen) atoms. The van der Waals surface area contributed by atoms with Crippen LogP contribution >= 0.6 is 0 Å². The fourth-order valence-corrected chi connectivity index (χ4v) is 1.78. The minimum atomic E-state index is -1.11. The quantitative estimate of drug-likeness (QED) is 0.833. The van der Waals surface area contributed by atoms with E-state index in [1.165, 1.54) is 0 Å². The zero-order valence-electron chi connectivity index (χ0n) is 10.8. The molecule has 2 N–H and O–H groups in total. The molecule has 0 amide bonds. The first kappa shape index (κ1) is 14.0. The van der Waals surface area contributed by atoms with Crippen LogP contribution in [-0.2, 0) is 4.79 Å². The summed E-state index contributed by atoms with van der Waals surface area (Å²) in [5, 5.41) is 21.3. The second-order valence-electron chi connectivity index (χ2n) is 4.48. The molecule has 0 saturated heterocycles. The number of carbonyl (C=O) groups is 1. The molecule has 1 heterocycles. The van der Waals surface area contributed by atoms with Gasteiger partial charge < -0.3 is 10.4 Å². The molecule has 0 bridgehead atoms. The van der Waals surface area contributed by atoms with E-state index < -0.39 is 11.5 Å². The van der Waals surface area contributed by atoms with Crippen LogP contribution in [0.5, 0.6) is 0 Å². The third-order valence-corrected chi connectivity index (χ3v) is 2.89. The Morgan fingerprint density at radius 2 is 2.33 bits per heavy atom. The molecule has 1 unspecified atom stereocenters. The Bertz CT molecular complexity index is 493. The van der Waals surface area contributed by atoms with E-state index in [-0.39, 0.29) is 0 Å². The summed E-state index contributed by atoms with van der Waals surface area (Å²) in [7, 11) is 0. The molecule has 0 radical (unpaired) electrons. The van der Waals surface area contributed by atoms with Gasteiger partial charge in [0, 0.05) is 6.20 Å². The monoisotopic (exact) mass is 247 g/mol. The van der Waals surface area contributed by atoms with Crippen LogP contribution in [0.15, 0.2) is 12.3 Å². The van der Waals surface area contributed by atoms with Crippen LogP contribution < -0.4 is 5.32 Å².